The first-order valence-corrected chi connectivity index (χ1v) is 9.44. The Bertz CT molecular complexity index is 642. The molecule has 1 aromatic heterocycles. The second-order valence-corrected chi connectivity index (χ2v) is 10.0. The fourth-order valence-corrected chi connectivity index (χ4v) is 7.41. The van der Waals surface area contributed by atoms with Crippen LogP contribution >= 0.6 is 34.5 Å². The summed E-state index contributed by atoms with van der Waals surface area (Å²) in [4.78, 5) is 0.134. The molecule has 0 aliphatic carbocycles. The SMILES string of the molecule is CC1(C)C2CNCC2CN1S(=O)(=O)c1cc(Cl)sc1Cl. The second-order valence-electron chi connectivity index (χ2n) is 5.90. The second kappa shape index (κ2) is 4.83. The zero-order chi connectivity index (χ0) is 14.7. The first-order valence-electron chi connectivity index (χ1n) is 6.43. The molecule has 2 unspecified atom stereocenters. The van der Waals surface area contributed by atoms with Gasteiger partial charge in [0.1, 0.15) is 9.23 Å². The summed E-state index contributed by atoms with van der Waals surface area (Å²) in [6.45, 7) is 6.26. The fraction of sp³-hybridized carbons (Fsp3) is 0.667. The third-order valence-corrected chi connectivity index (χ3v) is 8.29. The molecular formula is C12H16Cl2N2O2S2. The molecule has 2 aliphatic heterocycles. The van der Waals surface area contributed by atoms with Gasteiger partial charge in [0.05, 0.1) is 4.34 Å². The van der Waals surface area contributed by atoms with Crippen LogP contribution in [0.25, 0.3) is 0 Å². The maximum atomic E-state index is 12.9. The third-order valence-electron chi connectivity index (χ3n) is 4.48. The summed E-state index contributed by atoms with van der Waals surface area (Å²) >= 11 is 13.0. The van der Waals surface area contributed by atoms with Gasteiger partial charge in [0.25, 0.3) is 0 Å². The number of sulfonamides is 1. The van der Waals surface area contributed by atoms with Crippen LogP contribution in [0.2, 0.25) is 8.67 Å². The molecular weight excluding hydrogens is 339 g/mol. The predicted molar refractivity (Wildman–Crippen MR) is 82.2 cm³/mol. The molecule has 0 aromatic carbocycles. The van der Waals surface area contributed by atoms with Crippen molar-refractivity contribution in [2.24, 2.45) is 11.8 Å². The van der Waals surface area contributed by atoms with E-state index in [1.807, 2.05) is 13.8 Å². The van der Waals surface area contributed by atoms with Crippen molar-refractivity contribution in [1.82, 2.24) is 9.62 Å². The molecule has 0 bridgehead atoms. The van der Waals surface area contributed by atoms with E-state index in [0.29, 0.717) is 22.7 Å². The molecule has 2 aliphatic rings. The Morgan fingerprint density at radius 1 is 1.40 bits per heavy atom. The predicted octanol–water partition coefficient (Wildman–Crippen LogP) is 2.67. The van der Waals surface area contributed by atoms with E-state index in [1.54, 1.807) is 4.31 Å². The van der Waals surface area contributed by atoms with E-state index >= 15 is 0 Å². The molecule has 112 valence electrons. The number of nitrogens with zero attached hydrogens (tertiary/aromatic N) is 1. The quantitative estimate of drug-likeness (QED) is 0.887. The average Bonchev–Trinajstić information content (AvgIpc) is 2.96. The van der Waals surface area contributed by atoms with Gasteiger partial charge in [-0.05, 0) is 38.3 Å². The minimum atomic E-state index is -3.60. The topological polar surface area (TPSA) is 49.4 Å². The average molecular weight is 355 g/mol. The van der Waals surface area contributed by atoms with Crippen molar-refractivity contribution < 1.29 is 8.42 Å². The van der Waals surface area contributed by atoms with Gasteiger partial charge < -0.3 is 5.32 Å². The molecule has 2 atom stereocenters. The van der Waals surface area contributed by atoms with Crippen molar-refractivity contribution in [2.75, 3.05) is 19.6 Å². The molecule has 2 saturated heterocycles. The Morgan fingerprint density at radius 2 is 2.10 bits per heavy atom. The maximum Gasteiger partial charge on any atom is 0.245 e. The lowest BCUT2D eigenvalue weighted by Gasteiger charge is -2.34. The largest absolute Gasteiger partial charge is 0.316 e. The lowest BCUT2D eigenvalue weighted by molar-refractivity contribution is 0.233. The number of halogens is 2. The minimum Gasteiger partial charge on any atom is -0.316 e. The highest BCUT2D eigenvalue weighted by molar-refractivity contribution is 7.89. The van der Waals surface area contributed by atoms with Gasteiger partial charge >= 0.3 is 0 Å². The number of fused-ring (bicyclic) bond motifs is 1. The first-order chi connectivity index (χ1) is 9.24. The summed E-state index contributed by atoms with van der Waals surface area (Å²) in [5.74, 6) is 0.706. The number of rotatable bonds is 2. The fourth-order valence-electron chi connectivity index (χ4n) is 3.41. The molecule has 0 spiro atoms. The highest BCUT2D eigenvalue weighted by Crippen LogP contribution is 2.45. The lowest BCUT2D eigenvalue weighted by Crippen LogP contribution is -2.47. The molecule has 2 fully saturated rings. The summed E-state index contributed by atoms with van der Waals surface area (Å²) in [6.07, 6.45) is 0. The summed E-state index contributed by atoms with van der Waals surface area (Å²) < 4.78 is 28.0. The van der Waals surface area contributed by atoms with Gasteiger partial charge in [0, 0.05) is 18.6 Å². The minimum absolute atomic E-state index is 0.134. The number of hydrogen-bond acceptors (Lipinski definition) is 4. The van der Waals surface area contributed by atoms with Gasteiger partial charge in [-0.1, -0.05) is 23.2 Å². The van der Waals surface area contributed by atoms with Crippen LogP contribution in [0.5, 0.6) is 0 Å². The van der Waals surface area contributed by atoms with Gasteiger partial charge in [0.15, 0.2) is 0 Å². The van der Waals surface area contributed by atoms with Crippen LogP contribution in [0.3, 0.4) is 0 Å². The van der Waals surface area contributed by atoms with E-state index in [-0.39, 0.29) is 9.23 Å². The molecule has 0 saturated carbocycles. The van der Waals surface area contributed by atoms with Crippen molar-refractivity contribution >= 4 is 44.6 Å². The van der Waals surface area contributed by atoms with Crippen molar-refractivity contribution in [3.63, 3.8) is 0 Å². The van der Waals surface area contributed by atoms with Gasteiger partial charge in [-0.2, -0.15) is 4.31 Å². The van der Waals surface area contributed by atoms with Crippen molar-refractivity contribution in [3.8, 4) is 0 Å². The van der Waals surface area contributed by atoms with E-state index in [0.717, 1.165) is 24.4 Å². The van der Waals surface area contributed by atoms with E-state index < -0.39 is 15.6 Å². The molecule has 20 heavy (non-hydrogen) atoms. The van der Waals surface area contributed by atoms with E-state index in [1.165, 1.54) is 6.07 Å². The molecule has 8 heteroatoms. The monoisotopic (exact) mass is 354 g/mol. The molecule has 4 nitrogen and oxygen atoms in total. The number of hydrogen-bond donors (Lipinski definition) is 1. The maximum absolute atomic E-state index is 12.9. The smallest absolute Gasteiger partial charge is 0.245 e. The Balaban J connectivity index is 2.02. The van der Waals surface area contributed by atoms with Crippen LogP contribution in [-0.2, 0) is 10.0 Å². The Kier molecular flexibility index (Phi) is 3.64. The Morgan fingerprint density at radius 3 is 2.65 bits per heavy atom. The number of nitrogens with one attached hydrogen (secondary N) is 1. The van der Waals surface area contributed by atoms with Crippen LogP contribution < -0.4 is 5.32 Å². The lowest BCUT2D eigenvalue weighted by atomic mass is 9.85. The highest BCUT2D eigenvalue weighted by Gasteiger charge is 2.54. The van der Waals surface area contributed by atoms with Gasteiger partial charge in [-0.3, -0.25) is 0 Å². The zero-order valence-corrected chi connectivity index (χ0v) is 14.3. The van der Waals surface area contributed by atoms with Crippen molar-refractivity contribution in [3.05, 3.63) is 14.7 Å². The van der Waals surface area contributed by atoms with E-state index in [9.17, 15) is 8.42 Å². The summed E-state index contributed by atoms with van der Waals surface area (Å²) in [7, 11) is -3.60. The molecule has 0 radical (unpaired) electrons. The van der Waals surface area contributed by atoms with Crippen molar-refractivity contribution in [1.29, 1.82) is 0 Å². The van der Waals surface area contributed by atoms with Crippen LogP contribution in [0.1, 0.15) is 13.8 Å². The van der Waals surface area contributed by atoms with Crippen LogP contribution in [0.15, 0.2) is 11.0 Å². The first kappa shape index (κ1) is 15.1. The molecule has 1 aromatic rings. The third kappa shape index (κ3) is 2.12. The van der Waals surface area contributed by atoms with Crippen LogP contribution in [0, 0.1) is 11.8 Å². The molecule has 3 rings (SSSR count). The number of thiophene rings is 1. The summed E-state index contributed by atoms with van der Waals surface area (Å²) in [5, 5.41) is 3.34. The van der Waals surface area contributed by atoms with Crippen LogP contribution in [-0.4, -0.2) is 37.9 Å². The van der Waals surface area contributed by atoms with Gasteiger partial charge in [-0.15, -0.1) is 11.3 Å². The normalized spacial score (nSPS) is 29.8. The molecule has 3 heterocycles. The summed E-state index contributed by atoms with van der Waals surface area (Å²) in [5.41, 5.74) is -0.412. The van der Waals surface area contributed by atoms with E-state index in [2.05, 4.69) is 5.32 Å². The van der Waals surface area contributed by atoms with Crippen molar-refractivity contribution in [2.45, 2.75) is 24.3 Å². The zero-order valence-electron chi connectivity index (χ0n) is 11.2. The Labute approximate surface area is 133 Å². The highest BCUT2D eigenvalue weighted by atomic mass is 35.5. The van der Waals surface area contributed by atoms with Gasteiger partial charge in [0.2, 0.25) is 10.0 Å². The Hall–Kier alpha value is 0.150. The molecule has 0 amide bonds. The molecule has 1 N–H and O–H groups in total. The van der Waals surface area contributed by atoms with E-state index in [4.69, 9.17) is 23.2 Å². The van der Waals surface area contributed by atoms with Gasteiger partial charge in [-0.25, -0.2) is 8.42 Å². The van der Waals surface area contributed by atoms with Crippen LogP contribution in [0.4, 0.5) is 0 Å². The standard InChI is InChI=1S/C12H16Cl2N2O2S2/c1-12(2)8-5-15-4-7(8)6-16(12)20(17,18)9-3-10(13)19-11(9)14/h3,7-8,15H,4-6H2,1-2H3. The summed E-state index contributed by atoms with van der Waals surface area (Å²) in [6, 6.07) is 1.45.